The topological polar surface area (TPSA) is 115 Å². The van der Waals surface area contributed by atoms with Crippen LogP contribution in [0.15, 0.2) is 72.8 Å². The molecule has 0 heterocycles. The molecule has 0 bridgehead atoms. The number of methoxy groups -OCH3 is 2. The molecule has 0 aliphatic carbocycles. The van der Waals surface area contributed by atoms with E-state index in [9.17, 15) is 14.4 Å². The van der Waals surface area contributed by atoms with Crippen molar-refractivity contribution < 1.29 is 28.6 Å². The average molecular weight is 449 g/mol. The van der Waals surface area contributed by atoms with E-state index in [1.807, 2.05) is 18.2 Å². The van der Waals surface area contributed by atoms with E-state index >= 15 is 0 Å². The Hall–Kier alpha value is -4.53. The second-order valence-corrected chi connectivity index (χ2v) is 6.71. The highest BCUT2D eigenvalue weighted by Crippen LogP contribution is 2.28. The number of hydrogen-bond donors (Lipinski definition) is 3. The average Bonchev–Trinajstić information content (AvgIpc) is 2.83. The minimum atomic E-state index is -0.674. The standard InChI is InChI=1S/C24H23N3O6/c1-31-19-12-13-20(21(14-19)32-2)27-22(28)15-33-23(29)16-8-10-18(11-9-16)26-24(30)25-17-6-4-3-5-7-17/h3-14H,15H2,1-2H3,(H,27,28)(H2,25,26,30). The first kappa shape index (κ1) is 23.1. The number of esters is 1. The van der Waals surface area contributed by atoms with Gasteiger partial charge >= 0.3 is 12.0 Å². The number of urea groups is 1. The van der Waals surface area contributed by atoms with Gasteiger partial charge in [0, 0.05) is 17.4 Å². The van der Waals surface area contributed by atoms with E-state index in [2.05, 4.69) is 16.0 Å². The highest BCUT2D eigenvalue weighted by atomic mass is 16.5. The fraction of sp³-hybridized carbons (Fsp3) is 0.125. The largest absolute Gasteiger partial charge is 0.497 e. The maximum absolute atomic E-state index is 12.2. The number of hydrogen-bond acceptors (Lipinski definition) is 6. The Kier molecular flexibility index (Phi) is 7.85. The number of anilines is 3. The lowest BCUT2D eigenvalue weighted by Crippen LogP contribution is -2.21. The third kappa shape index (κ3) is 6.73. The van der Waals surface area contributed by atoms with Crippen LogP contribution in [-0.4, -0.2) is 38.7 Å². The van der Waals surface area contributed by atoms with E-state index < -0.39 is 24.5 Å². The summed E-state index contributed by atoms with van der Waals surface area (Å²) in [6, 6.07) is 19.6. The van der Waals surface area contributed by atoms with Crippen LogP contribution in [0.5, 0.6) is 11.5 Å². The second kappa shape index (κ2) is 11.2. The third-order valence-electron chi connectivity index (χ3n) is 4.43. The quantitative estimate of drug-likeness (QED) is 0.445. The second-order valence-electron chi connectivity index (χ2n) is 6.71. The normalized spacial score (nSPS) is 10.0. The summed E-state index contributed by atoms with van der Waals surface area (Å²) in [5, 5.41) is 7.98. The summed E-state index contributed by atoms with van der Waals surface area (Å²) < 4.78 is 15.4. The molecule has 3 aromatic carbocycles. The van der Waals surface area contributed by atoms with Gasteiger partial charge in [-0.25, -0.2) is 9.59 Å². The predicted molar refractivity (Wildman–Crippen MR) is 124 cm³/mol. The summed E-state index contributed by atoms with van der Waals surface area (Å²) in [4.78, 5) is 36.4. The Labute approximate surface area is 190 Å². The molecule has 33 heavy (non-hydrogen) atoms. The first-order valence-electron chi connectivity index (χ1n) is 9.90. The van der Waals surface area contributed by atoms with Crippen LogP contribution in [0, 0.1) is 0 Å². The van der Waals surface area contributed by atoms with Crippen molar-refractivity contribution in [2.75, 3.05) is 36.8 Å². The van der Waals surface area contributed by atoms with Gasteiger partial charge in [0.2, 0.25) is 0 Å². The van der Waals surface area contributed by atoms with Crippen LogP contribution >= 0.6 is 0 Å². The maximum atomic E-state index is 12.2. The van der Waals surface area contributed by atoms with Crippen LogP contribution in [0.4, 0.5) is 21.9 Å². The minimum Gasteiger partial charge on any atom is -0.497 e. The van der Waals surface area contributed by atoms with E-state index in [1.165, 1.54) is 26.4 Å². The van der Waals surface area contributed by atoms with E-state index in [1.54, 1.807) is 42.5 Å². The van der Waals surface area contributed by atoms with Gasteiger partial charge in [-0.1, -0.05) is 18.2 Å². The fourth-order valence-electron chi connectivity index (χ4n) is 2.81. The van der Waals surface area contributed by atoms with E-state index in [0.717, 1.165) is 0 Å². The molecule has 3 amide bonds. The number of ether oxygens (including phenoxy) is 3. The van der Waals surface area contributed by atoms with Crippen LogP contribution in [-0.2, 0) is 9.53 Å². The number of carbonyl (C=O) groups is 3. The molecule has 9 heteroatoms. The number of amides is 3. The van der Waals surface area contributed by atoms with Gasteiger partial charge < -0.3 is 30.2 Å². The zero-order valence-corrected chi connectivity index (χ0v) is 18.1. The lowest BCUT2D eigenvalue weighted by molar-refractivity contribution is -0.119. The van der Waals surface area contributed by atoms with Crippen molar-refractivity contribution in [1.29, 1.82) is 0 Å². The molecule has 0 spiro atoms. The fourth-order valence-corrected chi connectivity index (χ4v) is 2.81. The zero-order chi connectivity index (χ0) is 23.6. The molecule has 3 rings (SSSR count). The molecule has 0 radical (unpaired) electrons. The summed E-state index contributed by atoms with van der Waals surface area (Å²) in [7, 11) is 2.99. The van der Waals surface area contributed by atoms with E-state index in [-0.39, 0.29) is 5.56 Å². The molecule has 0 aromatic heterocycles. The predicted octanol–water partition coefficient (Wildman–Crippen LogP) is 4.14. The SMILES string of the molecule is COc1ccc(NC(=O)COC(=O)c2ccc(NC(=O)Nc3ccccc3)cc2)c(OC)c1. The van der Waals surface area contributed by atoms with Crippen molar-refractivity contribution >= 4 is 35.0 Å². The molecule has 0 saturated carbocycles. The maximum Gasteiger partial charge on any atom is 0.338 e. The number of rotatable bonds is 8. The minimum absolute atomic E-state index is 0.235. The van der Waals surface area contributed by atoms with Crippen molar-refractivity contribution in [2.24, 2.45) is 0 Å². The summed E-state index contributed by atoms with van der Waals surface area (Å²) >= 11 is 0. The molecule has 170 valence electrons. The Morgan fingerprint density at radius 3 is 2.06 bits per heavy atom. The Balaban J connectivity index is 1.49. The van der Waals surface area contributed by atoms with Crippen molar-refractivity contribution in [1.82, 2.24) is 0 Å². The van der Waals surface area contributed by atoms with Crippen LogP contribution in [0.2, 0.25) is 0 Å². The summed E-state index contributed by atoms with van der Waals surface area (Å²) in [6.07, 6.45) is 0. The third-order valence-corrected chi connectivity index (χ3v) is 4.43. The van der Waals surface area contributed by atoms with Gasteiger partial charge in [-0.3, -0.25) is 4.79 Å². The molecule has 3 aromatic rings. The summed E-state index contributed by atoms with van der Waals surface area (Å²) in [5.74, 6) is -0.213. The van der Waals surface area contributed by atoms with Crippen molar-refractivity contribution in [3.63, 3.8) is 0 Å². The Morgan fingerprint density at radius 2 is 1.42 bits per heavy atom. The first-order valence-corrected chi connectivity index (χ1v) is 9.90. The van der Waals surface area contributed by atoms with Crippen molar-refractivity contribution in [3.8, 4) is 11.5 Å². The number of carbonyl (C=O) groups excluding carboxylic acids is 3. The number of benzene rings is 3. The Morgan fingerprint density at radius 1 is 0.758 bits per heavy atom. The van der Waals surface area contributed by atoms with Crippen LogP contribution < -0.4 is 25.4 Å². The van der Waals surface area contributed by atoms with Gasteiger partial charge in [-0.05, 0) is 48.5 Å². The molecule has 0 unspecified atom stereocenters. The number of nitrogens with one attached hydrogen (secondary N) is 3. The van der Waals surface area contributed by atoms with Gasteiger partial charge in [-0.2, -0.15) is 0 Å². The van der Waals surface area contributed by atoms with Crippen molar-refractivity contribution in [3.05, 3.63) is 78.4 Å². The lowest BCUT2D eigenvalue weighted by Gasteiger charge is -2.12. The van der Waals surface area contributed by atoms with Crippen molar-refractivity contribution in [2.45, 2.75) is 0 Å². The molecule has 0 aliphatic heterocycles. The van der Waals surface area contributed by atoms with Gasteiger partial charge in [0.15, 0.2) is 6.61 Å². The smallest absolute Gasteiger partial charge is 0.338 e. The van der Waals surface area contributed by atoms with E-state index in [4.69, 9.17) is 14.2 Å². The molecule has 9 nitrogen and oxygen atoms in total. The lowest BCUT2D eigenvalue weighted by atomic mass is 10.2. The molecule has 0 saturated heterocycles. The van der Waals surface area contributed by atoms with Crippen LogP contribution in [0.25, 0.3) is 0 Å². The Bertz CT molecular complexity index is 1120. The molecule has 0 atom stereocenters. The summed E-state index contributed by atoms with van der Waals surface area (Å²) in [6.45, 7) is -0.479. The van der Waals surface area contributed by atoms with Gasteiger partial charge in [0.1, 0.15) is 11.5 Å². The zero-order valence-electron chi connectivity index (χ0n) is 18.1. The molecular weight excluding hydrogens is 426 g/mol. The monoisotopic (exact) mass is 449 g/mol. The van der Waals surface area contributed by atoms with Gasteiger partial charge in [0.25, 0.3) is 5.91 Å². The molecule has 3 N–H and O–H groups in total. The highest BCUT2D eigenvalue weighted by molar-refractivity contribution is 6.00. The molecule has 0 aliphatic rings. The van der Waals surface area contributed by atoms with Gasteiger partial charge in [0.05, 0.1) is 25.5 Å². The highest BCUT2D eigenvalue weighted by Gasteiger charge is 2.13. The number of para-hydroxylation sites is 1. The van der Waals surface area contributed by atoms with Crippen LogP contribution in [0.3, 0.4) is 0 Å². The summed E-state index contributed by atoms with van der Waals surface area (Å²) in [5.41, 5.74) is 1.80. The first-order chi connectivity index (χ1) is 16.0. The van der Waals surface area contributed by atoms with E-state index in [0.29, 0.717) is 28.6 Å². The molecule has 0 fully saturated rings. The van der Waals surface area contributed by atoms with Gasteiger partial charge in [-0.15, -0.1) is 0 Å². The molecular formula is C24H23N3O6. The van der Waals surface area contributed by atoms with Crippen LogP contribution in [0.1, 0.15) is 10.4 Å².